The van der Waals surface area contributed by atoms with Crippen molar-refractivity contribution in [1.29, 1.82) is 0 Å². The number of carbonyl (C=O) groups excluding carboxylic acids is 1. The fraction of sp³-hybridized carbons (Fsp3) is 0.909. The molecule has 3 atom stereocenters. The van der Waals surface area contributed by atoms with Gasteiger partial charge in [0.15, 0.2) is 0 Å². The van der Waals surface area contributed by atoms with Gasteiger partial charge in [0.1, 0.15) is 0 Å². The molecule has 1 fully saturated rings. The third-order valence-corrected chi connectivity index (χ3v) is 4.13. The van der Waals surface area contributed by atoms with Gasteiger partial charge in [-0.3, -0.25) is 4.79 Å². The molecule has 0 aromatic carbocycles. The number of nitrogens with one attached hydrogen (secondary N) is 1. The van der Waals surface area contributed by atoms with Crippen molar-refractivity contribution in [2.24, 2.45) is 5.92 Å². The maximum Gasteiger partial charge on any atom is 0.309 e. The van der Waals surface area contributed by atoms with Gasteiger partial charge in [-0.25, -0.2) is 0 Å². The van der Waals surface area contributed by atoms with E-state index >= 15 is 0 Å². The highest BCUT2D eigenvalue weighted by Crippen LogP contribution is 2.28. The summed E-state index contributed by atoms with van der Waals surface area (Å²) in [6.45, 7) is 2.64. The van der Waals surface area contributed by atoms with Crippen molar-refractivity contribution in [1.82, 2.24) is 5.32 Å². The summed E-state index contributed by atoms with van der Waals surface area (Å²) in [6.07, 6.45) is 5.93. The molecule has 0 saturated heterocycles. The van der Waals surface area contributed by atoms with Crippen LogP contribution in [-0.2, 0) is 9.53 Å². The summed E-state index contributed by atoms with van der Waals surface area (Å²) >= 11 is 1.95. The van der Waals surface area contributed by atoms with E-state index in [0.29, 0.717) is 6.04 Å². The topological polar surface area (TPSA) is 38.3 Å². The van der Waals surface area contributed by atoms with Crippen LogP contribution >= 0.6 is 11.8 Å². The van der Waals surface area contributed by atoms with E-state index in [9.17, 15) is 4.79 Å². The fourth-order valence-corrected chi connectivity index (χ4v) is 2.76. The average molecular weight is 231 g/mol. The van der Waals surface area contributed by atoms with Crippen molar-refractivity contribution in [2.75, 3.05) is 19.9 Å². The molecule has 0 radical (unpaired) electrons. The number of hydrogen-bond acceptors (Lipinski definition) is 4. The minimum absolute atomic E-state index is 0.0386. The molecule has 1 saturated carbocycles. The fourth-order valence-electron chi connectivity index (χ4n) is 1.97. The molecule has 1 rings (SSSR count). The normalized spacial score (nSPS) is 27.7. The highest BCUT2D eigenvalue weighted by molar-refractivity contribution is 7.99. The quantitative estimate of drug-likeness (QED) is 0.731. The third-order valence-electron chi connectivity index (χ3n) is 3.03. The lowest BCUT2D eigenvalue weighted by Gasteiger charge is -2.15. The van der Waals surface area contributed by atoms with Gasteiger partial charge in [0, 0.05) is 17.8 Å². The molecule has 0 amide bonds. The van der Waals surface area contributed by atoms with Crippen LogP contribution in [0.2, 0.25) is 0 Å². The van der Waals surface area contributed by atoms with E-state index in [2.05, 4.69) is 16.3 Å². The predicted octanol–water partition coefficient (Wildman–Crippen LogP) is 1.67. The van der Waals surface area contributed by atoms with Crippen molar-refractivity contribution in [2.45, 2.75) is 37.5 Å². The molecule has 0 bridgehead atoms. The third kappa shape index (κ3) is 4.03. The largest absolute Gasteiger partial charge is 0.469 e. The summed E-state index contributed by atoms with van der Waals surface area (Å²) in [5, 5.41) is 4.25. The minimum Gasteiger partial charge on any atom is -0.469 e. The molecule has 3 unspecified atom stereocenters. The lowest BCUT2D eigenvalue weighted by atomic mass is 10.1. The second kappa shape index (κ2) is 6.38. The number of hydrogen-bond donors (Lipinski definition) is 1. The van der Waals surface area contributed by atoms with Crippen LogP contribution in [0.15, 0.2) is 0 Å². The first-order valence-corrected chi connectivity index (χ1v) is 6.80. The number of methoxy groups -OCH3 is 1. The molecule has 88 valence electrons. The van der Waals surface area contributed by atoms with Gasteiger partial charge in [-0.15, -0.1) is 0 Å². The summed E-state index contributed by atoms with van der Waals surface area (Å²) in [4.78, 5) is 11.2. The monoisotopic (exact) mass is 231 g/mol. The van der Waals surface area contributed by atoms with Crippen LogP contribution in [-0.4, -0.2) is 37.2 Å². The highest BCUT2D eigenvalue weighted by Gasteiger charge is 2.24. The van der Waals surface area contributed by atoms with Crippen molar-refractivity contribution in [3.05, 3.63) is 0 Å². The maximum absolute atomic E-state index is 11.2. The number of thioether (sulfide) groups is 1. The van der Waals surface area contributed by atoms with Crippen LogP contribution in [0.5, 0.6) is 0 Å². The summed E-state index contributed by atoms with van der Waals surface area (Å²) < 4.78 is 4.69. The van der Waals surface area contributed by atoms with Gasteiger partial charge in [-0.1, -0.05) is 6.92 Å². The molecule has 0 heterocycles. The second-order valence-electron chi connectivity index (χ2n) is 4.20. The van der Waals surface area contributed by atoms with E-state index in [1.807, 2.05) is 18.7 Å². The Kier molecular flexibility index (Phi) is 5.47. The van der Waals surface area contributed by atoms with Crippen LogP contribution < -0.4 is 5.32 Å². The summed E-state index contributed by atoms with van der Waals surface area (Å²) in [5.74, 6) is -0.162. The van der Waals surface area contributed by atoms with Crippen molar-refractivity contribution < 1.29 is 9.53 Å². The first-order valence-electron chi connectivity index (χ1n) is 5.51. The number of esters is 1. The molecule has 3 nitrogen and oxygen atoms in total. The van der Waals surface area contributed by atoms with Crippen LogP contribution in [0.25, 0.3) is 0 Å². The van der Waals surface area contributed by atoms with Crippen molar-refractivity contribution in [3.8, 4) is 0 Å². The zero-order chi connectivity index (χ0) is 11.3. The number of carbonyl (C=O) groups is 1. The summed E-state index contributed by atoms with van der Waals surface area (Å²) in [7, 11) is 1.44. The van der Waals surface area contributed by atoms with Crippen molar-refractivity contribution >= 4 is 17.7 Å². The maximum atomic E-state index is 11.2. The molecular weight excluding hydrogens is 210 g/mol. The Bertz CT molecular complexity index is 211. The van der Waals surface area contributed by atoms with E-state index in [4.69, 9.17) is 0 Å². The zero-order valence-corrected chi connectivity index (χ0v) is 10.6. The van der Waals surface area contributed by atoms with Gasteiger partial charge in [-0.2, -0.15) is 11.8 Å². The predicted molar refractivity (Wildman–Crippen MR) is 64.1 cm³/mol. The molecule has 0 aromatic rings. The van der Waals surface area contributed by atoms with Crippen LogP contribution in [0.4, 0.5) is 0 Å². The van der Waals surface area contributed by atoms with Crippen LogP contribution in [0, 0.1) is 5.92 Å². The molecule has 15 heavy (non-hydrogen) atoms. The van der Waals surface area contributed by atoms with Crippen molar-refractivity contribution in [3.63, 3.8) is 0 Å². The first-order chi connectivity index (χ1) is 7.17. The molecule has 0 aliphatic heterocycles. The summed E-state index contributed by atoms with van der Waals surface area (Å²) in [6, 6.07) is 0.592. The summed E-state index contributed by atoms with van der Waals surface area (Å²) in [5.41, 5.74) is 0. The van der Waals surface area contributed by atoms with E-state index in [1.54, 1.807) is 0 Å². The highest BCUT2D eigenvalue weighted by atomic mass is 32.2. The van der Waals surface area contributed by atoms with E-state index < -0.39 is 0 Å². The van der Waals surface area contributed by atoms with Gasteiger partial charge in [-0.05, 0) is 25.5 Å². The SMILES string of the molecule is COC(=O)C(C)CNC1CCC(SC)C1. The lowest BCUT2D eigenvalue weighted by Crippen LogP contribution is -2.34. The molecule has 1 aliphatic carbocycles. The molecule has 1 aliphatic rings. The molecule has 1 N–H and O–H groups in total. The minimum atomic E-state index is -0.123. The average Bonchev–Trinajstić information content (AvgIpc) is 2.72. The second-order valence-corrected chi connectivity index (χ2v) is 5.34. The number of ether oxygens (including phenoxy) is 1. The van der Waals surface area contributed by atoms with Gasteiger partial charge >= 0.3 is 5.97 Å². The van der Waals surface area contributed by atoms with Crippen LogP contribution in [0.3, 0.4) is 0 Å². The number of rotatable bonds is 5. The lowest BCUT2D eigenvalue weighted by molar-refractivity contribution is -0.144. The van der Waals surface area contributed by atoms with E-state index in [-0.39, 0.29) is 11.9 Å². The van der Waals surface area contributed by atoms with E-state index in [1.165, 1.54) is 26.4 Å². The molecule has 0 aromatic heterocycles. The van der Waals surface area contributed by atoms with E-state index in [0.717, 1.165) is 11.8 Å². The Labute approximate surface area is 96.3 Å². The van der Waals surface area contributed by atoms with Gasteiger partial charge in [0.2, 0.25) is 0 Å². The molecule has 0 spiro atoms. The zero-order valence-electron chi connectivity index (χ0n) is 9.79. The van der Waals surface area contributed by atoms with Crippen LogP contribution in [0.1, 0.15) is 26.2 Å². The molecular formula is C11H21NO2S. The molecule has 4 heteroatoms. The Morgan fingerprint density at radius 2 is 2.33 bits per heavy atom. The standard InChI is InChI=1S/C11H21NO2S/c1-8(11(13)14-2)7-12-9-4-5-10(6-9)15-3/h8-10,12H,4-7H2,1-3H3. The van der Waals surface area contributed by atoms with Gasteiger partial charge in [0.05, 0.1) is 13.0 Å². The Morgan fingerprint density at radius 3 is 2.87 bits per heavy atom. The van der Waals surface area contributed by atoms with Gasteiger partial charge < -0.3 is 10.1 Å². The Balaban J connectivity index is 2.18. The Morgan fingerprint density at radius 1 is 1.60 bits per heavy atom. The first kappa shape index (κ1) is 12.8. The van der Waals surface area contributed by atoms with Gasteiger partial charge in [0.25, 0.3) is 0 Å². The Hall–Kier alpha value is -0.220. The smallest absolute Gasteiger partial charge is 0.309 e.